The molecule has 0 fully saturated rings. The number of benzene rings is 2. The second-order valence-corrected chi connectivity index (χ2v) is 3.45. The zero-order chi connectivity index (χ0) is 14.0. The lowest BCUT2D eigenvalue weighted by Crippen LogP contribution is -2.19. The van der Waals surface area contributed by atoms with Crippen molar-refractivity contribution < 1.29 is 8.91 Å². The summed E-state index contributed by atoms with van der Waals surface area (Å²) in [5.41, 5.74) is 0.621. The Bertz CT molecular complexity index is 623. The summed E-state index contributed by atoms with van der Waals surface area (Å²) >= 11 is 0. The summed E-state index contributed by atoms with van der Waals surface area (Å²) in [5.74, 6) is -0.322. The van der Waals surface area contributed by atoms with E-state index in [9.17, 15) is 4.79 Å². The molecule has 2 aromatic carbocycles. The first kappa shape index (κ1) is 7.28. The highest BCUT2D eigenvalue weighted by atomic mass is 16.1. The van der Waals surface area contributed by atoms with E-state index in [4.69, 9.17) is 4.11 Å². The molecule has 2 rings (SSSR count). The summed E-state index contributed by atoms with van der Waals surface area (Å²) in [7, 11) is 1.51. The number of carbonyl (C=O) groups is 1. The van der Waals surface area contributed by atoms with E-state index in [0.29, 0.717) is 11.3 Å². The number of fused-ring (bicyclic) bond motifs is 1. The van der Waals surface area contributed by atoms with E-state index in [1.807, 2.05) is 24.3 Å². The molecule has 0 unspecified atom stereocenters. The van der Waals surface area contributed by atoms with Crippen molar-refractivity contribution in [3.05, 3.63) is 42.0 Å². The van der Waals surface area contributed by atoms with Crippen molar-refractivity contribution in [3.63, 3.8) is 0 Å². The fraction of sp³-hybridized carbons (Fsp3) is 0.154. The van der Waals surface area contributed by atoms with Gasteiger partial charge in [-0.25, -0.2) is 0 Å². The van der Waals surface area contributed by atoms with Crippen molar-refractivity contribution >= 4 is 22.4 Å². The number of hydrogen-bond acceptors (Lipinski definition) is 2. The van der Waals surface area contributed by atoms with Crippen LogP contribution in [0.1, 0.15) is 14.5 Å². The van der Waals surface area contributed by atoms with Gasteiger partial charge < -0.3 is 10.6 Å². The van der Waals surface area contributed by atoms with Crippen molar-refractivity contribution in [3.8, 4) is 0 Å². The minimum atomic E-state index is -2.34. The molecule has 0 saturated heterocycles. The number of anilines is 1. The second-order valence-electron chi connectivity index (χ2n) is 3.45. The van der Waals surface area contributed by atoms with Gasteiger partial charge in [-0.3, -0.25) is 4.79 Å². The molecule has 3 nitrogen and oxygen atoms in total. The highest BCUT2D eigenvalue weighted by Crippen LogP contribution is 2.23. The molecular formula is C13H14N2O. The summed E-state index contributed by atoms with van der Waals surface area (Å²) in [6, 6.07) is 10.8. The average Bonchev–Trinajstić information content (AvgIpc) is 2.35. The van der Waals surface area contributed by atoms with Gasteiger partial charge in [0.05, 0.1) is 5.56 Å². The zero-order valence-corrected chi connectivity index (χ0v) is 8.87. The van der Waals surface area contributed by atoms with Crippen LogP contribution in [0, 0.1) is 0 Å². The summed E-state index contributed by atoms with van der Waals surface area (Å²) < 4.78 is 21.8. The maximum Gasteiger partial charge on any atom is 0.253 e. The zero-order valence-electron chi connectivity index (χ0n) is 11.9. The topological polar surface area (TPSA) is 41.1 Å². The Morgan fingerprint density at radius 2 is 1.94 bits per heavy atom. The Morgan fingerprint density at radius 3 is 2.56 bits per heavy atom. The fourth-order valence-electron chi connectivity index (χ4n) is 1.67. The van der Waals surface area contributed by atoms with Gasteiger partial charge in [-0.1, -0.05) is 24.3 Å². The van der Waals surface area contributed by atoms with E-state index in [0.717, 1.165) is 10.8 Å². The van der Waals surface area contributed by atoms with E-state index in [1.165, 1.54) is 7.05 Å². The molecule has 1 amide bonds. The molecule has 16 heavy (non-hydrogen) atoms. The Hall–Kier alpha value is -2.03. The van der Waals surface area contributed by atoms with Gasteiger partial charge in [0, 0.05) is 23.8 Å². The first-order valence-electron chi connectivity index (χ1n) is 6.44. The number of rotatable bonds is 2. The Labute approximate surface area is 98.7 Å². The van der Waals surface area contributed by atoms with Crippen LogP contribution in [0.3, 0.4) is 0 Å². The lowest BCUT2D eigenvalue weighted by Gasteiger charge is -2.09. The van der Waals surface area contributed by atoms with Gasteiger partial charge in [0.15, 0.2) is 0 Å². The van der Waals surface area contributed by atoms with Crippen LogP contribution in [0.25, 0.3) is 10.8 Å². The van der Waals surface area contributed by atoms with Gasteiger partial charge in [0.25, 0.3) is 5.91 Å². The summed E-state index contributed by atoms with van der Waals surface area (Å²) in [6.45, 7) is -2.34. The van der Waals surface area contributed by atoms with Gasteiger partial charge in [0.1, 0.15) is 0 Å². The monoisotopic (exact) mass is 217 g/mol. The maximum absolute atomic E-state index is 11.8. The quantitative estimate of drug-likeness (QED) is 0.810. The Balaban J connectivity index is 2.60. The third kappa shape index (κ3) is 1.72. The van der Waals surface area contributed by atoms with Gasteiger partial charge >= 0.3 is 0 Å². The Morgan fingerprint density at radius 1 is 1.25 bits per heavy atom. The molecule has 0 aliphatic rings. The van der Waals surface area contributed by atoms with Crippen molar-refractivity contribution in [1.82, 2.24) is 5.32 Å². The summed E-state index contributed by atoms with van der Waals surface area (Å²) in [6.07, 6.45) is 0. The van der Waals surface area contributed by atoms with Crippen LogP contribution in [-0.4, -0.2) is 19.9 Å². The molecule has 2 aromatic rings. The van der Waals surface area contributed by atoms with Crippen molar-refractivity contribution in [2.75, 3.05) is 19.3 Å². The third-order valence-electron chi connectivity index (χ3n) is 2.49. The molecule has 0 bridgehead atoms. The smallest absolute Gasteiger partial charge is 0.253 e. The molecule has 82 valence electrons. The van der Waals surface area contributed by atoms with Crippen molar-refractivity contribution in [1.29, 1.82) is 0 Å². The normalized spacial score (nSPS) is 13.7. The number of amides is 1. The highest BCUT2D eigenvalue weighted by Gasteiger charge is 2.09. The predicted molar refractivity (Wildman–Crippen MR) is 66.9 cm³/mol. The first-order chi connectivity index (χ1) is 8.90. The minimum Gasteiger partial charge on any atom is -0.387 e. The molecule has 2 N–H and O–H groups in total. The van der Waals surface area contributed by atoms with Crippen LogP contribution < -0.4 is 10.6 Å². The Kier molecular flexibility index (Phi) is 1.92. The molecule has 3 heteroatoms. The van der Waals surface area contributed by atoms with Gasteiger partial charge in [-0.2, -0.15) is 0 Å². The lowest BCUT2D eigenvalue weighted by atomic mass is 10.0. The van der Waals surface area contributed by atoms with E-state index in [1.54, 1.807) is 12.1 Å². The van der Waals surface area contributed by atoms with Crippen LogP contribution in [0.15, 0.2) is 36.4 Å². The average molecular weight is 217 g/mol. The largest absolute Gasteiger partial charge is 0.387 e. The molecule has 0 radical (unpaired) electrons. The highest BCUT2D eigenvalue weighted by molar-refractivity contribution is 6.04. The van der Waals surface area contributed by atoms with Crippen LogP contribution in [0.2, 0.25) is 0 Å². The lowest BCUT2D eigenvalue weighted by molar-refractivity contribution is 0.0964. The summed E-state index contributed by atoms with van der Waals surface area (Å²) in [4.78, 5) is 11.8. The number of carbonyl (C=O) groups excluding carboxylic acids is 1. The van der Waals surface area contributed by atoms with Gasteiger partial charge in [0.2, 0.25) is 0 Å². The van der Waals surface area contributed by atoms with Gasteiger partial charge in [-0.15, -0.1) is 0 Å². The van der Waals surface area contributed by atoms with Crippen LogP contribution >= 0.6 is 0 Å². The third-order valence-corrected chi connectivity index (χ3v) is 2.49. The minimum absolute atomic E-state index is 0.304. The SMILES string of the molecule is [2H]C([2H])([2H])Nc1cc2ccccc2cc1C(=O)NC. The van der Waals surface area contributed by atoms with E-state index >= 15 is 0 Å². The molecule has 0 saturated carbocycles. The molecule has 0 heterocycles. The molecule has 0 aromatic heterocycles. The molecular weight excluding hydrogens is 200 g/mol. The van der Waals surface area contributed by atoms with E-state index in [2.05, 4.69) is 10.6 Å². The molecule has 0 atom stereocenters. The van der Waals surface area contributed by atoms with E-state index in [-0.39, 0.29) is 5.91 Å². The molecule has 0 aliphatic heterocycles. The predicted octanol–water partition coefficient (Wildman–Crippen LogP) is 2.24. The maximum atomic E-state index is 11.8. The van der Waals surface area contributed by atoms with Gasteiger partial charge in [-0.05, 0) is 22.9 Å². The molecule has 0 spiro atoms. The fourth-order valence-corrected chi connectivity index (χ4v) is 1.67. The first-order valence-corrected chi connectivity index (χ1v) is 4.94. The standard InChI is InChI=1S/C13H14N2O/c1-14-12-8-10-6-4-3-5-9(10)7-11(12)13(16)15-2/h3-8,14H,1-2H3,(H,15,16)/i1D3. The number of nitrogens with one attached hydrogen (secondary N) is 2. The summed E-state index contributed by atoms with van der Waals surface area (Å²) in [5, 5.41) is 6.67. The van der Waals surface area contributed by atoms with Crippen molar-refractivity contribution in [2.45, 2.75) is 0 Å². The second kappa shape index (κ2) is 4.23. The number of hydrogen-bond donors (Lipinski definition) is 2. The van der Waals surface area contributed by atoms with E-state index < -0.39 is 6.98 Å². The van der Waals surface area contributed by atoms with Crippen LogP contribution in [0.5, 0.6) is 0 Å². The van der Waals surface area contributed by atoms with Crippen molar-refractivity contribution in [2.24, 2.45) is 0 Å². The molecule has 0 aliphatic carbocycles. The van der Waals surface area contributed by atoms with Crippen LogP contribution in [-0.2, 0) is 0 Å². The van der Waals surface area contributed by atoms with Crippen LogP contribution in [0.4, 0.5) is 5.69 Å².